The summed E-state index contributed by atoms with van der Waals surface area (Å²) < 4.78 is 0. The Morgan fingerprint density at radius 1 is 1.64 bits per heavy atom. The first-order valence-corrected chi connectivity index (χ1v) is 4.56. The Morgan fingerprint density at radius 2 is 2.50 bits per heavy atom. The van der Waals surface area contributed by atoms with E-state index in [1.807, 2.05) is 6.92 Å². The summed E-state index contributed by atoms with van der Waals surface area (Å²) in [4.78, 5) is 7.89. The highest BCUT2D eigenvalue weighted by Gasteiger charge is 1.88. The maximum atomic E-state index is 4.90. The predicted octanol–water partition coefficient (Wildman–Crippen LogP) is 0.295. The third kappa shape index (κ3) is 3.90. The molecule has 0 bridgehead atoms. The van der Waals surface area contributed by atoms with Gasteiger partial charge in [0, 0.05) is 18.9 Å². The topological polar surface area (TPSA) is 62.2 Å². The molecule has 0 fully saturated rings. The molecular weight excluding hydrogens is 198 g/mol. The van der Waals surface area contributed by atoms with Crippen LogP contribution in [0.1, 0.15) is 12.6 Å². The Morgan fingerprint density at radius 3 is 3.14 bits per heavy atom. The number of aromatic nitrogens is 2. The fraction of sp³-hybridized carbons (Fsp3) is 0.250. The lowest BCUT2D eigenvalue weighted by Crippen LogP contribution is -2.31. The Labute approximate surface area is 87.7 Å². The van der Waals surface area contributed by atoms with Crippen LogP contribution in [0.3, 0.4) is 0 Å². The van der Waals surface area contributed by atoms with E-state index in [-0.39, 0.29) is 0 Å². The minimum Gasteiger partial charge on any atom is -0.362 e. The summed E-state index contributed by atoms with van der Waals surface area (Å²) in [7, 11) is 0. The van der Waals surface area contributed by atoms with Crippen LogP contribution in [0.25, 0.3) is 0 Å². The number of rotatable bonds is 3. The first kappa shape index (κ1) is 10.5. The van der Waals surface area contributed by atoms with Crippen molar-refractivity contribution in [2.24, 2.45) is 5.10 Å². The molecule has 0 radical (unpaired) electrons. The van der Waals surface area contributed by atoms with Crippen molar-refractivity contribution in [3.63, 3.8) is 0 Å². The molecule has 0 spiro atoms. The molecule has 14 heavy (non-hydrogen) atoms. The molecule has 0 saturated carbocycles. The molecular formula is C8H11N5S. The summed E-state index contributed by atoms with van der Waals surface area (Å²) in [6.45, 7) is 2.73. The van der Waals surface area contributed by atoms with Gasteiger partial charge in [-0.1, -0.05) is 0 Å². The van der Waals surface area contributed by atoms with E-state index in [4.69, 9.17) is 12.2 Å². The van der Waals surface area contributed by atoms with E-state index in [0.717, 1.165) is 6.54 Å². The minimum absolute atomic E-state index is 0.493. The standard InChI is InChI=1S/C8H11N5S/c1-2-10-8(14)13-12-6-7-5-9-3-4-11-7/h3-6H,2H2,1H3,(H2,10,13,14)/b12-6+. The molecule has 0 aliphatic heterocycles. The number of nitrogens with zero attached hydrogens (tertiary/aromatic N) is 3. The van der Waals surface area contributed by atoms with Crippen LogP contribution in [-0.2, 0) is 0 Å². The zero-order valence-electron chi connectivity index (χ0n) is 7.77. The molecule has 0 aromatic carbocycles. The zero-order chi connectivity index (χ0) is 10.2. The molecule has 0 unspecified atom stereocenters. The second-order valence-corrected chi connectivity index (χ2v) is 2.77. The SMILES string of the molecule is CCNC(=S)N/N=C/c1cnccn1. The van der Waals surface area contributed by atoms with E-state index in [2.05, 4.69) is 25.8 Å². The van der Waals surface area contributed by atoms with Crippen molar-refractivity contribution in [2.45, 2.75) is 6.92 Å². The zero-order valence-corrected chi connectivity index (χ0v) is 8.58. The van der Waals surface area contributed by atoms with Gasteiger partial charge in [0.1, 0.15) is 5.69 Å². The van der Waals surface area contributed by atoms with Crippen LogP contribution in [-0.4, -0.2) is 27.8 Å². The van der Waals surface area contributed by atoms with Gasteiger partial charge < -0.3 is 5.32 Å². The Bertz CT molecular complexity index is 311. The van der Waals surface area contributed by atoms with Crippen molar-refractivity contribution >= 4 is 23.5 Å². The van der Waals surface area contributed by atoms with Crippen LogP contribution in [0, 0.1) is 0 Å². The first-order chi connectivity index (χ1) is 6.83. The van der Waals surface area contributed by atoms with Crippen LogP contribution in [0.4, 0.5) is 0 Å². The Hall–Kier alpha value is -1.56. The van der Waals surface area contributed by atoms with E-state index in [1.54, 1.807) is 24.8 Å². The molecule has 1 heterocycles. The largest absolute Gasteiger partial charge is 0.362 e. The van der Waals surface area contributed by atoms with Crippen molar-refractivity contribution in [3.8, 4) is 0 Å². The van der Waals surface area contributed by atoms with Crippen molar-refractivity contribution in [2.75, 3.05) is 6.54 Å². The van der Waals surface area contributed by atoms with Gasteiger partial charge in [-0.3, -0.25) is 15.4 Å². The van der Waals surface area contributed by atoms with Crippen LogP contribution in [0.15, 0.2) is 23.7 Å². The molecule has 2 N–H and O–H groups in total. The van der Waals surface area contributed by atoms with Gasteiger partial charge in [-0.15, -0.1) is 0 Å². The van der Waals surface area contributed by atoms with Gasteiger partial charge in [0.05, 0.1) is 12.4 Å². The maximum absolute atomic E-state index is 4.90. The number of nitrogens with one attached hydrogen (secondary N) is 2. The average Bonchev–Trinajstić information content (AvgIpc) is 2.20. The van der Waals surface area contributed by atoms with Gasteiger partial charge in [0.2, 0.25) is 0 Å². The van der Waals surface area contributed by atoms with Gasteiger partial charge in [-0.2, -0.15) is 5.10 Å². The highest BCUT2D eigenvalue weighted by Crippen LogP contribution is 1.82. The van der Waals surface area contributed by atoms with E-state index in [9.17, 15) is 0 Å². The second-order valence-electron chi connectivity index (χ2n) is 2.36. The van der Waals surface area contributed by atoms with Crippen LogP contribution in [0.5, 0.6) is 0 Å². The molecule has 0 aliphatic rings. The monoisotopic (exact) mass is 209 g/mol. The lowest BCUT2D eigenvalue weighted by Gasteiger charge is -2.01. The van der Waals surface area contributed by atoms with Crippen molar-refractivity contribution in [1.29, 1.82) is 0 Å². The highest BCUT2D eigenvalue weighted by atomic mass is 32.1. The van der Waals surface area contributed by atoms with E-state index in [0.29, 0.717) is 10.8 Å². The van der Waals surface area contributed by atoms with Gasteiger partial charge >= 0.3 is 0 Å². The number of hydrogen-bond donors (Lipinski definition) is 2. The fourth-order valence-electron chi connectivity index (χ4n) is 0.734. The first-order valence-electron chi connectivity index (χ1n) is 4.16. The van der Waals surface area contributed by atoms with Crippen LogP contribution in [0.2, 0.25) is 0 Å². The van der Waals surface area contributed by atoms with Crippen molar-refractivity contribution in [1.82, 2.24) is 20.7 Å². The maximum Gasteiger partial charge on any atom is 0.186 e. The predicted molar refractivity (Wildman–Crippen MR) is 59.0 cm³/mol. The quantitative estimate of drug-likeness (QED) is 0.426. The average molecular weight is 209 g/mol. The van der Waals surface area contributed by atoms with Crippen molar-refractivity contribution < 1.29 is 0 Å². The van der Waals surface area contributed by atoms with Crippen LogP contribution < -0.4 is 10.7 Å². The van der Waals surface area contributed by atoms with E-state index >= 15 is 0 Å². The van der Waals surface area contributed by atoms with E-state index < -0.39 is 0 Å². The fourth-order valence-corrected chi connectivity index (χ4v) is 0.931. The summed E-state index contributed by atoms with van der Waals surface area (Å²) in [6, 6.07) is 0. The van der Waals surface area contributed by atoms with Crippen molar-refractivity contribution in [3.05, 3.63) is 24.3 Å². The molecule has 6 heteroatoms. The lowest BCUT2D eigenvalue weighted by molar-refractivity contribution is 0.903. The van der Waals surface area contributed by atoms with Gasteiger partial charge in [0.25, 0.3) is 0 Å². The molecule has 74 valence electrons. The molecule has 1 aromatic heterocycles. The summed E-state index contributed by atoms with van der Waals surface area (Å²) in [5.74, 6) is 0. The third-order valence-corrected chi connectivity index (χ3v) is 1.52. The minimum atomic E-state index is 0.493. The highest BCUT2D eigenvalue weighted by molar-refractivity contribution is 7.80. The van der Waals surface area contributed by atoms with Gasteiger partial charge in [0.15, 0.2) is 5.11 Å². The summed E-state index contributed by atoms with van der Waals surface area (Å²) in [6.07, 6.45) is 6.37. The number of hydrogen-bond acceptors (Lipinski definition) is 4. The summed E-state index contributed by atoms with van der Waals surface area (Å²) >= 11 is 4.90. The lowest BCUT2D eigenvalue weighted by atomic mass is 10.5. The van der Waals surface area contributed by atoms with Gasteiger partial charge in [-0.25, -0.2) is 0 Å². The normalized spacial score (nSPS) is 10.1. The number of thiocarbonyl (C=S) groups is 1. The Kier molecular flexibility index (Phi) is 4.49. The molecule has 5 nitrogen and oxygen atoms in total. The molecule has 0 amide bonds. The smallest absolute Gasteiger partial charge is 0.186 e. The van der Waals surface area contributed by atoms with E-state index in [1.165, 1.54) is 0 Å². The third-order valence-electron chi connectivity index (χ3n) is 1.28. The van der Waals surface area contributed by atoms with Gasteiger partial charge in [-0.05, 0) is 19.1 Å². The number of hydrazone groups is 1. The summed E-state index contributed by atoms with van der Waals surface area (Å²) in [5, 5.41) is 7.27. The molecule has 0 saturated heterocycles. The molecule has 0 atom stereocenters. The summed E-state index contributed by atoms with van der Waals surface area (Å²) in [5.41, 5.74) is 3.33. The second kappa shape index (κ2) is 5.98. The molecule has 0 aliphatic carbocycles. The molecule has 1 rings (SSSR count). The molecule has 1 aromatic rings. The van der Waals surface area contributed by atoms with Crippen LogP contribution >= 0.6 is 12.2 Å². The Balaban J connectivity index is 2.38.